The number of hydrogen-bond donors (Lipinski definition) is 2. The van der Waals surface area contributed by atoms with Crippen molar-refractivity contribution in [1.82, 2.24) is 4.57 Å². The number of anilines is 1. The van der Waals surface area contributed by atoms with Crippen LogP contribution in [0.3, 0.4) is 0 Å². The molecule has 0 radical (unpaired) electrons. The van der Waals surface area contributed by atoms with Gasteiger partial charge in [-0.3, -0.25) is 9.59 Å². The van der Waals surface area contributed by atoms with E-state index in [0.29, 0.717) is 16.9 Å². The van der Waals surface area contributed by atoms with Crippen molar-refractivity contribution in [2.24, 2.45) is 5.73 Å². The third kappa shape index (κ3) is 3.21. The molecule has 0 aliphatic heterocycles. The second-order valence-electron chi connectivity index (χ2n) is 5.96. The lowest BCUT2D eigenvalue weighted by molar-refractivity contribution is 0.100. The first-order chi connectivity index (χ1) is 12.4. The Hall–Kier alpha value is -3.41. The fourth-order valence-electron chi connectivity index (χ4n) is 2.98. The standard InChI is InChI=1S/C20H18FN3O2/c1-12-11-17(13(2)24(12)15-9-7-14(21)8-10-15)20(26)23-18-6-4-3-5-16(18)19(22)25/h3-11H,1-2H3,(H2,22,25)(H,23,26). The number of benzene rings is 2. The number of aromatic nitrogens is 1. The van der Waals surface area contributed by atoms with Gasteiger partial charge in [0, 0.05) is 17.1 Å². The van der Waals surface area contributed by atoms with Gasteiger partial charge in [-0.05, 0) is 56.3 Å². The van der Waals surface area contributed by atoms with Gasteiger partial charge < -0.3 is 15.6 Å². The minimum Gasteiger partial charge on any atom is -0.366 e. The van der Waals surface area contributed by atoms with Gasteiger partial charge >= 0.3 is 0 Å². The first-order valence-electron chi connectivity index (χ1n) is 8.03. The van der Waals surface area contributed by atoms with E-state index in [0.717, 1.165) is 11.4 Å². The van der Waals surface area contributed by atoms with E-state index in [1.54, 1.807) is 42.5 Å². The van der Waals surface area contributed by atoms with Gasteiger partial charge in [-0.15, -0.1) is 0 Å². The van der Waals surface area contributed by atoms with Crippen molar-refractivity contribution in [1.29, 1.82) is 0 Å². The molecule has 1 heterocycles. The highest BCUT2D eigenvalue weighted by molar-refractivity contribution is 6.09. The molecule has 0 saturated carbocycles. The summed E-state index contributed by atoms with van der Waals surface area (Å²) in [5.74, 6) is -1.28. The SMILES string of the molecule is Cc1cc(C(=O)Nc2ccccc2C(N)=O)c(C)n1-c1ccc(F)cc1. The van der Waals surface area contributed by atoms with E-state index < -0.39 is 5.91 Å². The van der Waals surface area contributed by atoms with Gasteiger partial charge in [0.1, 0.15) is 5.82 Å². The van der Waals surface area contributed by atoms with Crippen molar-refractivity contribution in [3.8, 4) is 5.69 Å². The summed E-state index contributed by atoms with van der Waals surface area (Å²) in [4.78, 5) is 24.2. The molecule has 132 valence electrons. The third-order valence-electron chi connectivity index (χ3n) is 4.20. The summed E-state index contributed by atoms with van der Waals surface area (Å²) in [5.41, 5.74) is 8.72. The number of carbonyl (C=O) groups is 2. The molecule has 3 aromatic rings. The molecular weight excluding hydrogens is 333 g/mol. The molecule has 5 nitrogen and oxygen atoms in total. The summed E-state index contributed by atoms with van der Waals surface area (Å²) in [6, 6.07) is 14.4. The Kier molecular flexibility index (Phi) is 4.58. The number of nitrogens with one attached hydrogen (secondary N) is 1. The lowest BCUT2D eigenvalue weighted by atomic mass is 10.1. The highest BCUT2D eigenvalue weighted by Gasteiger charge is 2.18. The predicted octanol–water partition coefficient (Wildman–Crippen LogP) is 3.58. The Morgan fingerprint density at radius 3 is 2.31 bits per heavy atom. The van der Waals surface area contributed by atoms with Crippen molar-refractivity contribution >= 4 is 17.5 Å². The first-order valence-corrected chi connectivity index (χ1v) is 8.03. The van der Waals surface area contributed by atoms with Crippen LogP contribution in [0.4, 0.5) is 10.1 Å². The van der Waals surface area contributed by atoms with E-state index in [1.165, 1.54) is 12.1 Å². The fourth-order valence-corrected chi connectivity index (χ4v) is 2.98. The fraction of sp³-hybridized carbons (Fsp3) is 0.100. The molecule has 26 heavy (non-hydrogen) atoms. The lowest BCUT2D eigenvalue weighted by Crippen LogP contribution is -2.18. The summed E-state index contributed by atoms with van der Waals surface area (Å²) < 4.78 is 15.0. The smallest absolute Gasteiger partial charge is 0.257 e. The van der Waals surface area contributed by atoms with Crippen molar-refractivity contribution in [2.75, 3.05) is 5.32 Å². The van der Waals surface area contributed by atoms with Crippen LogP contribution in [0.15, 0.2) is 54.6 Å². The van der Waals surface area contributed by atoms with Crippen LogP contribution >= 0.6 is 0 Å². The monoisotopic (exact) mass is 351 g/mol. The van der Waals surface area contributed by atoms with Crippen molar-refractivity contribution in [2.45, 2.75) is 13.8 Å². The zero-order valence-electron chi connectivity index (χ0n) is 14.4. The average molecular weight is 351 g/mol. The number of carbonyl (C=O) groups excluding carboxylic acids is 2. The van der Waals surface area contributed by atoms with Crippen molar-refractivity contribution in [3.05, 3.63) is 82.9 Å². The van der Waals surface area contributed by atoms with Gasteiger partial charge in [-0.2, -0.15) is 0 Å². The van der Waals surface area contributed by atoms with Crippen LogP contribution in [0.1, 0.15) is 32.1 Å². The second-order valence-corrected chi connectivity index (χ2v) is 5.96. The Morgan fingerprint density at radius 1 is 1.00 bits per heavy atom. The number of hydrogen-bond acceptors (Lipinski definition) is 2. The van der Waals surface area contributed by atoms with Gasteiger partial charge in [0.05, 0.1) is 16.8 Å². The summed E-state index contributed by atoms with van der Waals surface area (Å²) in [7, 11) is 0. The zero-order valence-corrected chi connectivity index (χ0v) is 14.4. The van der Waals surface area contributed by atoms with E-state index in [9.17, 15) is 14.0 Å². The Morgan fingerprint density at radius 2 is 1.65 bits per heavy atom. The van der Waals surface area contributed by atoms with E-state index in [-0.39, 0.29) is 17.3 Å². The van der Waals surface area contributed by atoms with Gasteiger partial charge in [-0.25, -0.2) is 4.39 Å². The third-order valence-corrected chi connectivity index (χ3v) is 4.20. The van der Waals surface area contributed by atoms with Gasteiger partial charge in [0.25, 0.3) is 11.8 Å². The number of aryl methyl sites for hydroxylation is 1. The molecule has 2 aromatic carbocycles. The van der Waals surface area contributed by atoms with Crippen LogP contribution in [-0.2, 0) is 0 Å². The highest BCUT2D eigenvalue weighted by atomic mass is 19.1. The molecule has 6 heteroatoms. The van der Waals surface area contributed by atoms with Crippen LogP contribution in [0.5, 0.6) is 0 Å². The number of nitrogens with two attached hydrogens (primary N) is 1. The molecule has 0 saturated heterocycles. The summed E-state index contributed by atoms with van der Waals surface area (Å²) >= 11 is 0. The molecule has 0 unspecified atom stereocenters. The number of rotatable bonds is 4. The lowest BCUT2D eigenvalue weighted by Gasteiger charge is -2.11. The van der Waals surface area contributed by atoms with Crippen molar-refractivity contribution < 1.29 is 14.0 Å². The van der Waals surface area contributed by atoms with Crippen LogP contribution in [0.2, 0.25) is 0 Å². The van der Waals surface area contributed by atoms with Crippen LogP contribution < -0.4 is 11.1 Å². The minimum absolute atomic E-state index is 0.244. The van der Waals surface area contributed by atoms with Gasteiger partial charge in [0.15, 0.2) is 0 Å². The van der Waals surface area contributed by atoms with E-state index >= 15 is 0 Å². The molecule has 0 bridgehead atoms. The average Bonchev–Trinajstić information content (AvgIpc) is 2.91. The minimum atomic E-state index is -0.613. The molecular formula is C20H18FN3O2. The molecule has 0 spiro atoms. The number of para-hydroxylation sites is 1. The Labute approximate surface area is 150 Å². The Bertz CT molecular complexity index is 991. The van der Waals surface area contributed by atoms with Gasteiger partial charge in [-0.1, -0.05) is 12.1 Å². The quantitative estimate of drug-likeness (QED) is 0.754. The number of primary amides is 1. The first kappa shape index (κ1) is 17.4. The molecule has 3 N–H and O–H groups in total. The largest absolute Gasteiger partial charge is 0.366 e. The van der Waals surface area contributed by atoms with Crippen molar-refractivity contribution in [3.63, 3.8) is 0 Å². The number of halogens is 1. The van der Waals surface area contributed by atoms with E-state index in [2.05, 4.69) is 5.32 Å². The van der Waals surface area contributed by atoms with Crippen LogP contribution in [0, 0.1) is 19.7 Å². The topological polar surface area (TPSA) is 77.1 Å². The molecule has 0 aliphatic rings. The number of amides is 2. The molecule has 2 amide bonds. The normalized spacial score (nSPS) is 10.6. The predicted molar refractivity (Wildman–Crippen MR) is 98.1 cm³/mol. The summed E-state index contributed by atoms with van der Waals surface area (Å²) in [6.07, 6.45) is 0. The molecule has 0 fully saturated rings. The van der Waals surface area contributed by atoms with Gasteiger partial charge in [0.2, 0.25) is 0 Å². The molecule has 1 aromatic heterocycles. The van der Waals surface area contributed by atoms with E-state index in [1.807, 2.05) is 18.4 Å². The molecule has 3 rings (SSSR count). The Balaban J connectivity index is 1.96. The second kappa shape index (κ2) is 6.84. The number of nitrogens with zero attached hydrogens (tertiary/aromatic N) is 1. The summed E-state index contributed by atoms with van der Waals surface area (Å²) in [5, 5.41) is 2.74. The maximum atomic E-state index is 13.2. The molecule has 0 aliphatic carbocycles. The molecule has 0 atom stereocenters. The van der Waals surface area contributed by atoms with E-state index in [4.69, 9.17) is 5.73 Å². The van der Waals surface area contributed by atoms with Crippen LogP contribution in [0.25, 0.3) is 5.69 Å². The zero-order chi connectivity index (χ0) is 18.8. The highest BCUT2D eigenvalue weighted by Crippen LogP contribution is 2.23. The summed E-state index contributed by atoms with van der Waals surface area (Å²) in [6.45, 7) is 3.68. The maximum Gasteiger partial charge on any atom is 0.257 e. The van der Waals surface area contributed by atoms with Crippen LogP contribution in [-0.4, -0.2) is 16.4 Å². The maximum absolute atomic E-state index is 13.2.